The Labute approximate surface area is 121 Å². The van der Waals surface area contributed by atoms with Gasteiger partial charge < -0.3 is 5.32 Å². The molecule has 2 rings (SSSR count). The van der Waals surface area contributed by atoms with Crippen LogP contribution in [0, 0.1) is 17.0 Å². The Hall–Kier alpha value is -2.91. The lowest BCUT2D eigenvalue weighted by Gasteiger charge is -2.06. The Kier molecular flexibility index (Phi) is 3.85. The van der Waals surface area contributed by atoms with Gasteiger partial charge in [0.05, 0.1) is 4.92 Å². The van der Waals surface area contributed by atoms with Gasteiger partial charge in [0.2, 0.25) is 0 Å². The van der Waals surface area contributed by atoms with Gasteiger partial charge in [-0.05, 0) is 18.6 Å². The van der Waals surface area contributed by atoms with Crippen LogP contribution in [0.4, 0.5) is 24.5 Å². The molecular weight excluding hydrogens is 305 g/mol. The standard InChI is InChI=1S/C12H9F3N4O3/c1-6-4-7(19(21)22)2-3-8(6)16-11(20)9-5-10(18-17-9)12(13,14)15/h2-5H,1H3,(H,16,20)(H,17,18). The normalized spacial score (nSPS) is 11.3. The molecule has 2 aromatic rings. The summed E-state index contributed by atoms with van der Waals surface area (Å²) in [5, 5.41) is 18.0. The summed E-state index contributed by atoms with van der Waals surface area (Å²) in [6.45, 7) is 1.52. The molecular formula is C12H9F3N4O3. The van der Waals surface area contributed by atoms with Crippen molar-refractivity contribution < 1.29 is 22.9 Å². The van der Waals surface area contributed by atoms with Crippen LogP contribution in [-0.4, -0.2) is 21.0 Å². The number of aromatic amines is 1. The van der Waals surface area contributed by atoms with Gasteiger partial charge in [0.1, 0.15) is 5.69 Å². The van der Waals surface area contributed by atoms with E-state index in [9.17, 15) is 28.1 Å². The first-order valence-electron chi connectivity index (χ1n) is 5.87. The van der Waals surface area contributed by atoms with E-state index >= 15 is 0 Å². The topological polar surface area (TPSA) is 101 Å². The molecule has 0 unspecified atom stereocenters. The van der Waals surface area contributed by atoms with E-state index in [2.05, 4.69) is 10.4 Å². The zero-order valence-corrected chi connectivity index (χ0v) is 11.1. The summed E-state index contributed by atoms with van der Waals surface area (Å²) in [5.41, 5.74) is -1.10. The molecule has 10 heteroatoms. The van der Waals surface area contributed by atoms with Crippen LogP contribution in [0.15, 0.2) is 24.3 Å². The number of amides is 1. The highest BCUT2D eigenvalue weighted by Crippen LogP contribution is 2.28. The number of anilines is 1. The van der Waals surface area contributed by atoms with Crippen LogP contribution in [0.5, 0.6) is 0 Å². The number of nitrogens with zero attached hydrogens (tertiary/aromatic N) is 2. The summed E-state index contributed by atoms with van der Waals surface area (Å²) in [4.78, 5) is 21.8. The maximum atomic E-state index is 12.4. The second-order valence-electron chi connectivity index (χ2n) is 4.38. The number of nitro groups is 1. The Bertz CT molecular complexity index is 739. The van der Waals surface area contributed by atoms with Crippen molar-refractivity contribution in [2.24, 2.45) is 0 Å². The molecule has 0 aliphatic carbocycles. The number of hydrogen-bond donors (Lipinski definition) is 2. The van der Waals surface area contributed by atoms with Crippen LogP contribution in [0.25, 0.3) is 0 Å². The molecule has 0 aliphatic rings. The Morgan fingerprint density at radius 1 is 1.36 bits per heavy atom. The summed E-state index contributed by atoms with van der Waals surface area (Å²) in [6.07, 6.45) is -4.63. The molecule has 0 fully saturated rings. The molecule has 1 amide bonds. The van der Waals surface area contributed by atoms with Crippen molar-refractivity contribution >= 4 is 17.3 Å². The lowest BCUT2D eigenvalue weighted by molar-refractivity contribution is -0.384. The quantitative estimate of drug-likeness (QED) is 0.672. The Balaban J connectivity index is 2.19. The van der Waals surface area contributed by atoms with E-state index in [1.54, 1.807) is 5.10 Å². The highest BCUT2D eigenvalue weighted by molar-refractivity contribution is 6.03. The number of rotatable bonds is 3. The van der Waals surface area contributed by atoms with E-state index in [1.807, 2.05) is 0 Å². The minimum Gasteiger partial charge on any atom is -0.320 e. The molecule has 0 spiro atoms. The predicted molar refractivity (Wildman–Crippen MR) is 69.4 cm³/mol. The number of carbonyl (C=O) groups is 1. The monoisotopic (exact) mass is 314 g/mol. The molecule has 1 heterocycles. The van der Waals surface area contributed by atoms with Gasteiger partial charge in [0, 0.05) is 23.9 Å². The first kappa shape index (κ1) is 15.5. The van der Waals surface area contributed by atoms with E-state index in [0.717, 1.165) is 0 Å². The molecule has 0 saturated carbocycles. The second kappa shape index (κ2) is 5.47. The van der Waals surface area contributed by atoms with E-state index in [4.69, 9.17) is 0 Å². The number of aromatic nitrogens is 2. The summed E-state index contributed by atoms with van der Waals surface area (Å²) in [7, 11) is 0. The molecule has 7 nitrogen and oxygen atoms in total. The zero-order valence-electron chi connectivity index (χ0n) is 11.1. The third-order valence-corrected chi connectivity index (χ3v) is 2.78. The van der Waals surface area contributed by atoms with Gasteiger partial charge in [-0.3, -0.25) is 20.0 Å². The maximum Gasteiger partial charge on any atom is 0.432 e. The molecule has 116 valence electrons. The van der Waals surface area contributed by atoms with Gasteiger partial charge in [0.25, 0.3) is 11.6 Å². The van der Waals surface area contributed by atoms with Crippen LogP contribution in [0.1, 0.15) is 21.7 Å². The average molecular weight is 314 g/mol. The number of alkyl halides is 3. The number of hydrogen-bond acceptors (Lipinski definition) is 4. The summed E-state index contributed by atoms with van der Waals surface area (Å²) >= 11 is 0. The van der Waals surface area contributed by atoms with Gasteiger partial charge in [-0.25, -0.2) is 0 Å². The number of carbonyl (C=O) groups excluding carboxylic acids is 1. The highest BCUT2D eigenvalue weighted by Gasteiger charge is 2.33. The highest BCUT2D eigenvalue weighted by atomic mass is 19.4. The minimum atomic E-state index is -4.63. The van der Waals surface area contributed by atoms with Crippen molar-refractivity contribution in [2.75, 3.05) is 5.32 Å². The van der Waals surface area contributed by atoms with Crippen LogP contribution in [-0.2, 0) is 6.18 Å². The molecule has 0 radical (unpaired) electrons. The van der Waals surface area contributed by atoms with Crippen molar-refractivity contribution in [2.45, 2.75) is 13.1 Å². The lowest BCUT2D eigenvalue weighted by atomic mass is 10.1. The average Bonchev–Trinajstić information content (AvgIpc) is 2.90. The predicted octanol–water partition coefficient (Wildman–Crippen LogP) is 2.90. The fourth-order valence-electron chi connectivity index (χ4n) is 1.67. The number of nitro benzene ring substituents is 1. The number of non-ortho nitro benzene ring substituents is 1. The van der Waals surface area contributed by atoms with Crippen LogP contribution >= 0.6 is 0 Å². The van der Waals surface area contributed by atoms with Gasteiger partial charge >= 0.3 is 6.18 Å². The Morgan fingerprint density at radius 3 is 2.55 bits per heavy atom. The van der Waals surface area contributed by atoms with Crippen LogP contribution in [0.3, 0.4) is 0 Å². The molecule has 0 bridgehead atoms. The molecule has 22 heavy (non-hydrogen) atoms. The smallest absolute Gasteiger partial charge is 0.320 e. The second-order valence-corrected chi connectivity index (χ2v) is 4.38. The van der Waals surface area contributed by atoms with Crippen LogP contribution in [0.2, 0.25) is 0 Å². The third kappa shape index (κ3) is 3.22. The zero-order chi connectivity index (χ0) is 16.5. The summed E-state index contributed by atoms with van der Waals surface area (Å²) < 4.78 is 37.2. The molecule has 1 aromatic carbocycles. The molecule has 1 aromatic heterocycles. The summed E-state index contributed by atoms with van der Waals surface area (Å²) in [6, 6.07) is 4.29. The van der Waals surface area contributed by atoms with E-state index in [-0.39, 0.29) is 11.4 Å². The van der Waals surface area contributed by atoms with Gasteiger partial charge in [-0.2, -0.15) is 18.3 Å². The molecule has 2 N–H and O–H groups in total. The fraction of sp³-hybridized carbons (Fsp3) is 0.167. The van der Waals surface area contributed by atoms with Gasteiger partial charge in [0.15, 0.2) is 5.69 Å². The SMILES string of the molecule is Cc1cc([N+](=O)[O-])ccc1NC(=O)c1cc(C(F)(F)F)[nH]n1. The van der Waals surface area contributed by atoms with Crippen molar-refractivity contribution in [3.63, 3.8) is 0 Å². The number of benzene rings is 1. The first-order valence-corrected chi connectivity index (χ1v) is 5.87. The maximum absolute atomic E-state index is 12.4. The largest absolute Gasteiger partial charge is 0.432 e. The van der Waals surface area contributed by atoms with Gasteiger partial charge in [-0.15, -0.1) is 0 Å². The number of aryl methyl sites for hydroxylation is 1. The number of halogens is 3. The fourth-order valence-corrected chi connectivity index (χ4v) is 1.67. The van der Waals surface area contributed by atoms with Gasteiger partial charge in [-0.1, -0.05) is 0 Å². The number of nitrogens with one attached hydrogen (secondary N) is 2. The lowest BCUT2D eigenvalue weighted by Crippen LogP contribution is -2.13. The summed E-state index contributed by atoms with van der Waals surface area (Å²) in [5.74, 6) is -0.858. The minimum absolute atomic E-state index is 0.158. The first-order chi connectivity index (χ1) is 10.2. The van der Waals surface area contributed by atoms with Crippen molar-refractivity contribution in [1.82, 2.24) is 10.2 Å². The van der Waals surface area contributed by atoms with Crippen molar-refractivity contribution in [1.29, 1.82) is 0 Å². The van der Waals surface area contributed by atoms with Crippen molar-refractivity contribution in [3.05, 3.63) is 51.3 Å². The van der Waals surface area contributed by atoms with Crippen LogP contribution < -0.4 is 5.32 Å². The van der Waals surface area contributed by atoms with E-state index in [0.29, 0.717) is 11.6 Å². The number of H-pyrrole nitrogens is 1. The molecule has 0 aliphatic heterocycles. The third-order valence-electron chi connectivity index (χ3n) is 2.78. The molecule has 0 atom stereocenters. The Morgan fingerprint density at radius 2 is 2.05 bits per heavy atom. The van der Waals surface area contributed by atoms with Crippen molar-refractivity contribution in [3.8, 4) is 0 Å². The van der Waals surface area contributed by atoms with E-state index < -0.39 is 28.4 Å². The molecule has 0 saturated heterocycles. The van der Waals surface area contributed by atoms with E-state index in [1.165, 1.54) is 25.1 Å².